The van der Waals surface area contributed by atoms with Gasteiger partial charge in [0.1, 0.15) is 0 Å². The first-order valence-electron chi connectivity index (χ1n) is 1.53. The Morgan fingerprint density at radius 3 is 1.80 bits per heavy atom. The monoisotopic (exact) mass is 179 g/mol. The Kier molecular flexibility index (Phi) is 3.45. The molecule has 1 nitrogen and oxygen atoms in total. The van der Waals surface area contributed by atoms with Crippen molar-refractivity contribution in [1.29, 1.82) is 0 Å². The predicted octanol–water partition coefficient (Wildman–Crippen LogP) is -0.326. The molecule has 0 saturated carbocycles. The third-order valence-electron chi connectivity index (χ3n) is 0.283. The van der Waals surface area contributed by atoms with Crippen LogP contribution in [0.2, 0.25) is 0 Å². The molecule has 30 valence electrons. The van der Waals surface area contributed by atoms with Gasteiger partial charge < -0.3 is 0 Å². The molecule has 5 heavy (non-hydrogen) atoms. The molecule has 0 saturated heterocycles. The van der Waals surface area contributed by atoms with Crippen molar-refractivity contribution < 1.29 is 0 Å². The number of hydrogen-bond donors (Lipinski definition) is 0. The predicted molar refractivity (Wildman–Crippen MR) is 24.3 cm³/mol. The molecule has 0 aliphatic rings. The Morgan fingerprint density at radius 1 is 1.60 bits per heavy atom. The van der Waals surface area contributed by atoms with Gasteiger partial charge in [0.15, 0.2) is 0 Å². The van der Waals surface area contributed by atoms with E-state index in [1.165, 1.54) is 4.49 Å². The summed E-state index contributed by atoms with van der Waals surface area (Å²) >= 11 is 1.83. The maximum absolute atomic E-state index is 2.15. The van der Waals surface area contributed by atoms with Crippen molar-refractivity contribution in [3.8, 4) is 0 Å². The molecule has 0 rings (SSSR count). The summed E-state index contributed by atoms with van der Waals surface area (Å²) < 4.78 is 1.19. The van der Waals surface area contributed by atoms with E-state index < -0.39 is 0 Å². The summed E-state index contributed by atoms with van der Waals surface area (Å²) in [4.78, 5) is 2.15. The fourth-order valence-corrected chi connectivity index (χ4v) is 0. The first kappa shape index (κ1) is 5.78. The SMILES string of the molecule is CN(C)[CH2][Sb]. The summed E-state index contributed by atoms with van der Waals surface area (Å²) in [6.45, 7) is 0. The van der Waals surface area contributed by atoms with E-state index in [1.54, 1.807) is 0 Å². The van der Waals surface area contributed by atoms with Gasteiger partial charge in [0, 0.05) is 0 Å². The van der Waals surface area contributed by atoms with Crippen molar-refractivity contribution in [3.63, 3.8) is 0 Å². The maximum atomic E-state index is 2.15. The summed E-state index contributed by atoms with van der Waals surface area (Å²) in [6, 6.07) is 0. The van der Waals surface area contributed by atoms with E-state index in [0.717, 1.165) is 0 Å². The van der Waals surface area contributed by atoms with Gasteiger partial charge in [0.25, 0.3) is 0 Å². The Bertz CT molecular complexity index is 20.9. The van der Waals surface area contributed by atoms with Crippen LogP contribution in [0.15, 0.2) is 0 Å². The van der Waals surface area contributed by atoms with Crippen LogP contribution in [0, 0.1) is 0 Å². The normalized spacial score (nSPS) is 9.60. The second-order valence-corrected chi connectivity index (χ2v) is 2.03. The Balaban J connectivity index is 2.54. The van der Waals surface area contributed by atoms with E-state index >= 15 is 0 Å². The fourth-order valence-electron chi connectivity index (χ4n) is 0. The van der Waals surface area contributed by atoms with E-state index in [0.29, 0.717) is 0 Å². The summed E-state index contributed by atoms with van der Waals surface area (Å²) in [5.41, 5.74) is 0. The topological polar surface area (TPSA) is 3.24 Å². The molecule has 0 aliphatic heterocycles. The molecule has 0 atom stereocenters. The van der Waals surface area contributed by atoms with Crippen LogP contribution >= 0.6 is 0 Å². The van der Waals surface area contributed by atoms with Gasteiger partial charge in [-0.2, -0.15) is 0 Å². The Labute approximate surface area is 46.8 Å². The molecule has 0 heterocycles. The van der Waals surface area contributed by atoms with Crippen LogP contribution in [0.1, 0.15) is 0 Å². The summed E-state index contributed by atoms with van der Waals surface area (Å²) in [5.74, 6) is 0. The van der Waals surface area contributed by atoms with Gasteiger partial charge >= 0.3 is 46.5 Å². The molecule has 0 aliphatic carbocycles. The summed E-state index contributed by atoms with van der Waals surface area (Å²) in [5, 5.41) is 0. The van der Waals surface area contributed by atoms with Crippen molar-refractivity contribution >= 4 is 23.0 Å². The first-order chi connectivity index (χ1) is 2.27. The van der Waals surface area contributed by atoms with Crippen LogP contribution in [0.4, 0.5) is 0 Å². The van der Waals surface area contributed by atoms with E-state index in [1.807, 2.05) is 23.0 Å². The molecule has 2 heteroatoms. The average Bonchev–Trinajstić information content (AvgIpc) is 1.38. The second-order valence-electron chi connectivity index (χ2n) is 1.22. The molecule has 0 aromatic carbocycles. The van der Waals surface area contributed by atoms with Gasteiger partial charge in [-0.15, -0.1) is 0 Å². The van der Waals surface area contributed by atoms with Crippen LogP contribution < -0.4 is 0 Å². The molecule has 0 aromatic heterocycles. The third-order valence-corrected chi connectivity index (χ3v) is 1.90. The third kappa shape index (κ3) is 4.78. The standard InChI is InChI=1S/C3H8N.Sb/c1-4(2)3;/h1H2,2-3H3;. The molecule has 2 radical (unpaired) electrons. The fraction of sp³-hybridized carbons (Fsp3) is 1.00. The zero-order valence-electron chi connectivity index (χ0n) is 3.60. The number of hydrogen-bond acceptors (Lipinski definition) is 1. The number of nitrogens with zero attached hydrogens (tertiary/aromatic N) is 1. The molecular formula is C3H8NSb. The molecule has 0 amide bonds. The molecule has 0 aromatic rings. The van der Waals surface area contributed by atoms with Gasteiger partial charge in [-0.05, 0) is 0 Å². The summed E-state index contributed by atoms with van der Waals surface area (Å²) in [6.07, 6.45) is 0. The Morgan fingerprint density at radius 2 is 1.80 bits per heavy atom. The van der Waals surface area contributed by atoms with Gasteiger partial charge in [-0.3, -0.25) is 0 Å². The Hall–Kier alpha value is 0.778. The molecule has 0 unspecified atom stereocenters. The quantitative estimate of drug-likeness (QED) is 0.499. The average molecular weight is 180 g/mol. The molecule has 0 fully saturated rings. The van der Waals surface area contributed by atoms with E-state index in [-0.39, 0.29) is 0 Å². The van der Waals surface area contributed by atoms with Crippen LogP contribution in [-0.2, 0) is 0 Å². The van der Waals surface area contributed by atoms with E-state index in [4.69, 9.17) is 0 Å². The first-order valence-corrected chi connectivity index (χ1v) is 3.33. The van der Waals surface area contributed by atoms with E-state index in [9.17, 15) is 0 Å². The van der Waals surface area contributed by atoms with E-state index in [2.05, 4.69) is 19.0 Å². The van der Waals surface area contributed by atoms with Gasteiger partial charge in [-0.1, -0.05) is 0 Å². The molecular weight excluding hydrogens is 172 g/mol. The minimum atomic E-state index is 1.19. The van der Waals surface area contributed by atoms with Crippen molar-refractivity contribution in [1.82, 2.24) is 4.90 Å². The zero-order chi connectivity index (χ0) is 4.28. The van der Waals surface area contributed by atoms with Crippen LogP contribution in [0.5, 0.6) is 0 Å². The van der Waals surface area contributed by atoms with Crippen molar-refractivity contribution in [3.05, 3.63) is 0 Å². The molecule has 0 spiro atoms. The van der Waals surface area contributed by atoms with Crippen molar-refractivity contribution in [2.75, 3.05) is 18.6 Å². The van der Waals surface area contributed by atoms with Crippen molar-refractivity contribution in [2.24, 2.45) is 0 Å². The second kappa shape index (κ2) is 2.99. The van der Waals surface area contributed by atoms with Crippen LogP contribution in [-0.4, -0.2) is 46.5 Å². The summed E-state index contributed by atoms with van der Waals surface area (Å²) in [7, 11) is 4.14. The van der Waals surface area contributed by atoms with Gasteiger partial charge in [0.2, 0.25) is 0 Å². The van der Waals surface area contributed by atoms with Gasteiger partial charge in [0.05, 0.1) is 0 Å². The number of rotatable bonds is 1. The van der Waals surface area contributed by atoms with Crippen LogP contribution in [0.3, 0.4) is 0 Å². The van der Waals surface area contributed by atoms with Gasteiger partial charge in [-0.25, -0.2) is 0 Å². The van der Waals surface area contributed by atoms with Crippen molar-refractivity contribution in [2.45, 2.75) is 0 Å². The zero-order valence-corrected chi connectivity index (χ0v) is 6.15. The molecule has 0 N–H and O–H groups in total. The minimum absolute atomic E-state index is 1.19. The van der Waals surface area contributed by atoms with Crippen LogP contribution in [0.25, 0.3) is 0 Å². The molecule has 0 bridgehead atoms.